The van der Waals surface area contributed by atoms with Gasteiger partial charge in [0, 0.05) is 18.5 Å². The Labute approximate surface area is 121 Å². The average Bonchev–Trinajstić information content (AvgIpc) is 2.99. The van der Waals surface area contributed by atoms with Gasteiger partial charge in [-0.3, -0.25) is 0 Å². The highest BCUT2D eigenvalue weighted by Crippen LogP contribution is 2.35. The summed E-state index contributed by atoms with van der Waals surface area (Å²) in [5.74, 6) is 1.02. The maximum Gasteiger partial charge on any atom is 0.123 e. The minimum atomic E-state index is -0.0772. The number of aliphatic hydroxyl groups is 1. The summed E-state index contributed by atoms with van der Waals surface area (Å²) in [6, 6.07) is 6.46. The van der Waals surface area contributed by atoms with Gasteiger partial charge in [-0.2, -0.15) is 0 Å². The number of nitrogens with one attached hydrogen (secondary N) is 1. The Balaban J connectivity index is 1.68. The van der Waals surface area contributed by atoms with E-state index in [0.717, 1.165) is 31.6 Å². The van der Waals surface area contributed by atoms with Crippen LogP contribution < -0.4 is 10.1 Å². The van der Waals surface area contributed by atoms with Crippen LogP contribution in [0.4, 0.5) is 0 Å². The van der Waals surface area contributed by atoms with E-state index in [1.807, 2.05) is 0 Å². The summed E-state index contributed by atoms with van der Waals surface area (Å²) in [4.78, 5) is 0. The number of fused-ring (bicyclic) bond motifs is 1. The van der Waals surface area contributed by atoms with E-state index in [4.69, 9.17) is 4.74 Å². The molecule has 1 aliphatic heterocycles. The SMILES string of the molecule is CC1(C)Cc2cc(CNC3(CO)CCCC3)ccc2O1. The Morgan fingerprint density at radius 3 is 2.70 bits per heavy atom. The third-order valence-corrected chi connectivity index (χ3v) is 4.66. The second kappa shape index (κ2) is 5.05. The largest absolute Gasteiger partial charge is 0.487 e. The van der Waals surface area contributed by atoms with E-state index in [2.05, 4.69) is 37.4 Å². The number of hydrogen-bond donors (Lipinski definition) is 2. The second-order valence-corrected chi connectivity index (χ2v) is 6.98. The zero-order valence-electron chi connectivity index (χ0n) is 12.5. The molecule has 2 N–H and O–H groups in total. The summed E-state index contributed by atoms with van der Waals surface area (Å²) in [6.07, 6.45) is 5.59. The van der Waals surface area contributed by atoms with Crippen molar-refractivity contribution in [3.05, 3.63) is 29.3 Å². The molecule has 0 radical (unpaired) electrons. The molecule has 1 saturated carbocycles. The summed E-state index contributed by atoms with van der Waals surface area (Å²) in [6.45, 7) is 5.33. The predicted molar refractivity (Wildman–Crippen MR) is 80.0 cm³/mol. The lowest BCUT2D eigenvalue weighted by molar-refractivity contribution is 0.138. The highest BCUT2D eigenvalue weighted by molar-refractivity contribution is 5.41. The number of aliphatic hydroxyl groups excluding tert-OH is 1. The van der Waals surface area contributed by atoms with Gasteiger partial charge in [0.15, 0.2) is 0 Å². The Morgan fingerprint density at radius 2 is 2.00 bits per heavy atom. The lowest BCUT2D eigenvalue weighted by Crippen LogP contribution is -2.45. The first-order valence-corrected chi connectivity index (χ1v) is 7.69. The molecule has 1 fully saturated rings. The Hall–Kier alpha value is -1.06. The van der Waals surface area contributed by atoms with E-state index in [9.17, 15) is 5.11 Å². The van der Waals surface area contributed by atoms with Crippen LogP contribution in [-0.2, 0) is 13.0 Å². The van der Waals surface area contributed by atoms with E-state index in [1.54, 1.807) is 0 Å². The standard InChI is InChI=1S/C17H25NO2/c1-16(2)10-14-9-13(5-6-15(14)20-16)11-18-17(12-19)7-3-4-8-17/h5-6,9,18-19H,3-4,7-8,10-12H2,1-2H3. The molecule has 0 unspecified atom stereocenters. The zero-order valence-corrected chi connectivity index (χ0v) is 12.5. The molecule has 0 amide bonds. The van der Waals surface area contributed by atoms with Crippen LogP contribution in [0.3, 0.4) is 0 Å². The van der Waals surface area contributed by atoms with Crippen LogP contribution in [0.1, 0.15) is 50.7 Å². The topological polar surface area (TPSA) is 41.5 Å². The Morgan fingerprint density at radius 1 is 1.25 bits per heavy atom. The van der Waals surface area contributed by atoms with Gasteiger partial charge < -0.3 is 15.2 Å². The zero-order chi connectivity index (χ0) is 14.2. The van der Waals surface area contributed by atoms with E-state index < -0.39 is 0 Å². The Kier molecular flexibility index (Phi) is 3.51. The van der Waals surface area contributed by atoms with Crippen molar-refractivity contribution in [2.24, 2.45) is 0 Å². The highest BCUT2D eigenvalue weighted by atomic mass is 16.5. The van der Waals surface area contributed by atoms with Gasteiger partial charge >= 0.3 is 0 Å². The van der Waals surface area contributed by atoms with Crippen molar-refractivity contribution in [3.63, 3.8) is 0 Å². The summed E-state index contributed by atoms with van der Waals surface area (Å²) in [7, 11) is 0. The van der Waals surface area contributed by atoms with Crippen LogP contribution in [0.2, 0.25) is 0 Å². The van der Waals surface area contributed by atoms with Crippen molar-refractivity contribution in [1.82, 2.24) is 5.32 Å². The van der Waals surface area contributed by atoms with Crippen molar-refractivity contribution in [3.8, 4) is 5.75 Å². The third-order valence-electron chi connectivity index (χ3n) is 4.66. The summed E-state index contributed by atoms with van der Waals surface area (Å²) in [5.41, 5.74) is 2.46. The number of hydrogen-bond acceptors (Lipinski definition) is 3. The quantitative estimate of drug-likeness (QED) is 0.888. The lowest BCUT2D eigenvalue weighted by Gasteiger charge is -2.28. The van der Waals surface area contributed by atoms with Crippen molar-refractivity contribution in [1.29, 1.82) is 0 Å². The molecule has 2 aliphatic rings. The molecule has 0 atom stereocenters. The van der Waals surface area contributed by atoms with Crippen molar-refractivity contribution >= 4 is 0 Å². The van der Waals surface area contributed by atoms with Gasteiger partial charge in [-0.05, 0) is 43.9 Å². The van der Waals surface area contributed by atoms with E-state index in [0.29, 0.717) is 0 Å². The van der Waals surface area contributed by atoms with Crippen molar-refractivity contribution in [2.45, 2.75) is 63.6 Å². The summed E-state index contributed by atoms with van der Waals surface area (Å²) in [5, 5.41) is 13.2. The van der Waals surface area contributed by atoms with Crippen LogP contribution in [0, 0.1) is 0 Å². The molecule has 3 nitrogen and oxygen atoms in total. The molecule has 3 heteroatoms. The van der Waals surface area contributed by atoms with Gasteiger partial charge in [-0.1, -0.05) is 25.0 Å². The van der Waals surface area contributed by atoms with Gasteiger partial charge in [0.2, 0.25) is 0 Å². The molecule has 1 aliphatic carbocycles. The van der Waals surface area contributed by atoms with E-state index in [1.165, 1.54) is 24.0 Å². The fourth-order valence-electron chi connectivity index (χ4n) is 3.51. The molecular formula is C17H25NO2. The fraction of sp³-hybridized carbons (Fsp3) is 0.647. The molecule has 0 bridgehead atoms. The molecule has 20 heavy (non-hydrogen) atoms. The van der Waals surface area contributed by atoms with E-state index in [-0.39, 0.29) is 17.7 Å². The normalized spacial score (nSPS) is 22.6. The van der Waals surface area contributed by atoms with Gasteiger partial charge in [-0.15, -0.1) is 0 Å². The van der Waals surface area contributed by atoms with Gasteiger partial charge in [0.05, 0.1) is 6.61 Å². The predicted octanol–water partition coefficient (Wildman–Crippen LogP) is 2.79. The van der Waals surface area contributed by atoms with Crippen LogP contribution in [0.25, 0.3) is 0 Å². The highest BCUT2D eigenvalue weighted by Gasteiger charge is 2.33. The molecule has 1 aromatic carbocycles. The molecule has 110 valence electrons. The minimum absolute atomic E-state index is 0.0468. The van der Waals surface area contributed by atoms with Crippen molar-refractivity contribution < 1.29 is 9.84 Å². The van der Waals surface area contributed by atoms with Gasteiger partial charge in [0.1, 0.15) is 11.4 Å². The Bertz CT molecular complexity index is 490. The molecule has 3 rings (SSSR count). The maximum absolute atomic E-state index is 9.64. The summed E-state index contributed by atoms with van der Waals surface area (Å²) >= 11 is 0. The fourth-order valence-corrected chi connectivity index (χ4v) is 3.51. The van der Waals surface area contributed by atoms with Crippen LogP contribution >= 0.6 is 0 Å². The molecule has 1 aromatic rings. The molecule has 0 saturated heterocycles. The van der Waals surface area contributed by atoms with Crippen LogP contribution in [0.15, 0.2) is 18.2 Å². The van der Waals surface area contributed by atoms with Gasteiger partial charge in [0.25, 0.3) is 0 Å². The first-order chi connectivity index (χ1) is 9.52. The minimum Gasteiger partial charge on any atom is -0.487 e. The third kappa shape index (κ3) is 2.70. The van der Waals surface area contributed by atoms with Crippen molar-refractivity contribution in [2.75, 3.05) is 6.61 Å². The second-order valence-electron chi connectivity index (χ2n) is 6.98. The molecule has 0 spiro atoms. The summed E-state index contributed by atoms with van der Waals surface area (Å²) < 4.78 is 5.91. The number of rotatable bonds is 4. The van der Waals surface area contributed by atoms with E-state index >= 15 is 0 Å². The molecular weight excluding hydrogens is 250 g/mol. The smallest absolute Gasteiger partial charge is 0.123 e. The number of benzene rings is 1. The maximum atomic E-state index is 9.64. The monoisotopic (exact) mass is 275 g/mol. The van der Waals surface area contributed by atoms with Crippen LogP contribution in [-0.4, -0.2) is 22.9 Å². The number of ether oxygens (including phenoxy) is 1. The average molecular weight is 275 g/mol. The first-order valence-electron chi connectivity index (χ1n) is 7.69. The molecule has 0 aromatic heterocycles. The van der Waals surface area contributed by atoms with Gasteiger partial charge in [-0.25, -0.2) is 0 Å². The lowest BCUT2D eigenvalue weighted by atomic mass is 9.97. The molecule has 1 heterocycles. The van der Waals surface area contributed by atoms with Crippen LogP contribution in [0.5, 0.6) is 5.75 Å². The first kappa shape index (κ1) is 13.9.